The van der Waals surface area contributed by atoms with E-state index in [0.29, 0.717) is 12.5 Å². The van der Waals surface area contributed by atoms with Crippen molar-refractivity contribution in [1.82, 2.24) is 9.80 Å². The maximum absolute atomic E-state index is 12.0. The summed E-state index contributed by atoms with van der Waals surface area (Å²) in [4.78, 5) is 4.50. The number of nitrogens with zero attached hydrogens (tertiary/aromatic N) is 2. The van der Waals surface area contributed by atoms with Crippen molar-refractivity contribution in [2.45, 2.75) is 43.9 Å². The minimum absolute atomic E-state index is 0.133. The van der Waals surface area contributed by atoms with Crippen LogP contribution in [0.25, 0.3) is 0 Å². The maximum Gasteiger partial charge on any atom is 0.389 e. The van der Waals surface area contributed by atoms with Gasteiger partial charge in [-0.3, -0.25) is 0 Å². The van der Waals surface area contributed by atoms with E-state index >= 15 is 0 Å². The molecule has 108 valence electrons. The lowest BCUT2D eigenvalue weighted by Crippen LogP contribution is -2.51. The molecule has 3 nitrogen and oxygen atoms in total. The fourth-order valence-corrected chi connectivity index (χ4v) is 2.39. The van der Waals surface area contributed by atoms with Gasteiger partial charge in [0.25, 0.3) is 0 Å². The Bertz CT molecular complexity index is 245. The molecular weight excluding hydrogens is 243 g/mol. The third-order valence-corrected chi connectivity index (χ3v) is 3.59. The molecule has 1 heterocycles. The summed E-state index contributed by atoms with van der Waals surface area (Å²) in [7, 11) is 4.12. The van der Waals surface area contributed by atoms with Crippen LogP contribution in [-0.4, -0.2) is 61.8 Å². The third-order valence-electron chi connectivity index (χ3n) is 3.59. The summed E-state index contributed by atoms with van der Waals surface area (Å²) in [5.41, 5.74) is 5.93. The molecule has 1 aliphatic rings. The number of halogens is 3. The van der Waals surface area contributed by atoms with Crippen molar-refractivity contribution in [3.8, 4) is 0 Å². The van der Waals surface area contributed by atoms with Crippen molar-refractivity contribution >= 4 is 0 Å². The van der Waals surface area contributed by atoms with E-state index in [9.17, 15) is 13.2 Å². The van der Waals surface area contributed by atoms with Crippen LogP contribution < -0.4 is 5.73 Å². The van der Waals surface area contributed by atoms with Crippen LogP contribution >= 0.6 is 0 Å². The molecule has 2 unspecified atom stereocenters. The molecule has 0 saturated carbocycles. The molecule has 0 aromatic heterocycles. The first-order chi connectivity index (χ1) is 8.28. The van der Waals surface area contributed by atoms with Gasteiger partial charge in [-0.25, -0.2) is 0 Å². The first kappa shape index (κ1) is 15.7. The maximum atomic E-state index is 12.0. The van der Waals surface area contributed by atoms with E-state index < -0.39 is 12.6 Å². The molecule has 6 heteroatoms. The first-order valence-corrected chi connectivity index (χ1v) is 6.49. The van der Waals surface area contributed by atoms with Crippen LogP contribution in [0.15, 0.2) is 0 Å². The summed E-state index contributed by atoms with van der Waals surface area (Å²) < 4.78 is 36.1. The average molecular weight is 267 g/mol. The second kappa shape index (κ2) is 6.73. The van der Waals surface area contributed by atoms with Crippen LogP contribution in [0.3, 0.4) is 0 Å². The van der Waals surface area contributed by atoms with Gasteiger partial charge in [-0.05, 0) is 33.4 Å². The van der Waals surface area contributed by atoms with E-state index in [-0.39, 0.29) is 12.5 Å². The Morgan fingerprint density at radius 3 is 2.56 bits per heavy atom. The van der Waals surface area contributed by atoms with Crippen molar-refractivity contribution in [2.75, 3.05) is 33.7 Å². The van der Waals surface area contributed by atoms with Crippen molar-refractivity contribution in [3.05, 3.63) is 0 Å². The van der Waals surface area contributed by atoms with E-state index in [0.717, 1.165) is 26.1 Å². The number of rotatable bonds is 5. The number of nitrogens with two attached hydrogens (primary N) is 1. The topological polar surface area (TPSA) is 32.5 Å². The molecule has 1 rings (SSSR count). The average Bonchev–Trinajstić information content (AvgIpc) is 2.21. The lowest BCUT2D eigenvalue weighted by molar-refractivity contribution is -0.135. The molecule has 0 spiro atoms. The number of hydrogen-bond acceptors (Lipinski definition) is 3. The molecule has 0 amide bonds. The van der Waals surface area contributed by atoms with E-state index in [4.69, 9.17) is 5.73 Å². The van der Waals surface area contributed by atoms with Crippen LogP contribution in [0.5, 0.6) is 0 Å². The lowest BCUT2D eigenvalue weighted by Gasteiger charge is -2.38. The standard InChI is InChI=1S/C12H24F3N3/c1-17-6-7-18(2)11(9-17)8-10(16)4-3-5-12(13,14)15/h10-11H,3-9,16H2,1-2H3. The molecule has 0 aliphatic carbocycles. The minimum Gasteiger partial charge on any atom is -0.328 e. The second-order valence-electron chi connectivity index (χ2n) is 5.40. The second-order valence-corrected chi connectivity index (χ2v) is 5.40. The van der Waals surface area contributed by atoms with Gasteiger partial charge >= 0.3 is 6.18 Å². The summed E-state index contributed by atoms with van der Waals surface area (Å²) in [6.07, 6.45) is -3.41. The predicted octanol–water partition coefficient (Wildman–Crippen LogP) is 1.68. The van der Waals surface area contributed by atoms with Crippen LogP contribution in [-0.2, 0) is 0 Å². The normalized spacial score (nSPS) is 25.3. The zero-order valence-corrected chi connectivity index (χ0v) is 11.2. The van der Waals surface area contributed by atoms with Gasteiger partial charge < -0.3 is 15.5 Å². The highest BCUT2D eigenvalue weighted by Crippen LogP contribution is 2.23. The monoisotopic (exact) mass is 267 g/mol. The van der Waals surface area contributed by atoms with Crippen molar-refractivity contribution < 1.29 is 13.2 Å². The Morgan fingerprint density at radius 1 is 1.28 bits per heavy atom. The smallest absolute Gasteiger partial charge is 0.328 e. The molecule has 1 aliphatic heterocycles. The SMILES string of the molecule is CN1CCN(C)C(CC(N)CCCC(F)(F)F)C1. The van der Waals surface area contributed by atoms with Gasteiger partial charge in [-0.1, -0.05) is 0 Å². The Morgan fingerprint density at radius 2 is 1.94 bits per heavy atom. The Hall–Kier alpha value is -0.330. The van der Waals surface area contributed by atoms with E-state index in [1.165, 1.54) is 0 Å². The van der Waals surface area contributed by atoms with Gasteiger partial charge in [0.05, 0.1) is 0 Å². The van der Waals surface area contributed by atoms with Crippen LogP contribution in [0.4, 0.5) is 13.2 Å². The van der Waals surface area contributed by atoms with Gasteiger partial charge in [0.1, 0.15) is 0 Å². The quantitative estimate of drug-likeness (QED) is 0.822. The van der Waals surface area contributed by atoms with Crippen molar-refractivity contribution in [2.24, 2.45) is 5.73 Å². The number of hydrogen-bond donors (Lipinski definition) is 1. The van der Waals surface area contributed by atoms with Gasteiger partial charge in [0.15, 0.2) is 0 Å². The van der Waals surface area contributed by atoms with Gasteiger partial charge in [0.2, 0.25) is 0 Å². The molecule has 0 aromatic rings. The summed E-state index contributed by atoms with van der Waals surface area (Å²) in [6, 6.07) is 0.232. The Balaban J connectivity index is 2.24. The fraction of sp³-hybridized carbons (Fsp3) is 1.00. The predicted molar refractivity (Wildman–Crippen MR) is 66.4 cm³/mol. The highest BCUT2D eigenvalue weighted by molar-refractivity contribution is 4.82. The van der Waals surface area contributed by atoms with Gasteiger partial charge in [0, 0.05) is 38.1 Å². The molecule has 1 fully saturated rings. The highest BCUT2D eigenvalue weighted by Gasteiger charge is 2.27. The fourth-order valence-electron chi connectivity index (χ4n) is 2.39. The summed E-state index contributed by atoms with van der Waals surface area (Å²) in [6.45, 7) is 2.98. The molecule has 0 bridgehead atoms. The van der Waals surface area contributed by atoms with E-state index in [1.54, 1.807) is 0 Å². The first-order valence-electron chi connectivity index (χ1n) is 6.49. The summed E-state index contributed by atoms with van der Waals surface area (Å²) >= 11 is 0. The molecule has 1 saturated heterocycles. The summed E-state index contributed by atoms with van der Waals surface area (Å²) in [5.74, 6) is 0. The van der Waals surface area contributed by atoms with Gasteiger partial charge in [-0.2, -0.15) is 13.2 Å². The van der Waals surface area contributed by atoms with Crippen molar-refractivity contribution in [1.29, 1.82) is 0 Å². The number of piperazine rings is 1. The lowest BCUT2D eigenvalue weighted by atomic mass is 10.00. The Kier molecular flexibility index (Phi) is 5.88. The van der Waals surface area contributed by atoms with E-state index in [2.05, 4.69) is 23.9 Å². The number of likely N-dealkylation sites (N-methyl/N-ethyl adjacent to an activating group) is 2. The molecule has 0 radical (unpaired) electrons. The molecule has 2 N–H and O–H groups in total. The van der Waals surface area contributed by atoms with Crippen LogP contribution in [0, 0.1) is 0 Å². The Labute approximate surface area is 107 Å². The molecular formula is C12H24F3N3. The molecule has 18 heavy (non-hydrogen) atoms. The minimum atomic E-state index is -4.05. The van der Waals surface area contributed by atoms with Gasteiger partial charge in [-0.15, -0.1) is 0 Å². The molecule has 2 atom stereocenters. The summed E-state index contributed by atoms with van der Waals surface area (Å²) in [5, 5.41) is 0. The third kappa shape index (κ3) is 6.02. The van der Waals surface area contributed by atoms with E-state index in [1.807, 2.05) is 0 Å². The number of alkyl halides is 3. The molecule has 0 aromatic carbocycles. The zero-order chi connectivity index (χ0) is 13.8. The zero-order valence-electron chi connectivity index (χ0n) is 11.2. The van der Waals surface area contributed by atoms with Crippen molar-refractivity contribution in [3.63, 3.8) is 0 Å². The largest absolute Gasteiger partial charge is 0.389 e. The highest BCUT2D eigenvalue weighted by atomic mass is 19.4. The van der Waals surface area contributed by atoms with Crippen LogP contribution in [0.1, 0.15) is 25.7 Å². The van der Waals surface area contributed by atoms with Crippen LogP contribution in [0.2, 0.25) is 0 Å².